The molecule has 1 unspecified atom stereocenters. The van der Waals surface area contributed by atoms with Crippen molar-refractivity contribution in [3.05, 3.63) is 29.8 Å². The fourth-order valence-corrected chi connectivity index (χ4v) is 2.83. The molecule has 1 aromatic carbocycles. The second-order valence-corrected chi connectivity index (χ2v) is 5.66. The lowest BCUT2D eigenvalue weighted by Gasteiger charge is -2.19. The second kappa shape index (κ2) is 7.62. The summed E-state index contributed by atoms with van der Waals surface area (Å²) in [7, 11) is 0. The molecule has 3 heteroatoms. The molecular weight excluding hydrogens is 228 g/mol. The van der Waals surface area contributed by atoms with Crippen molar-refractivity contribution in [3.63, 3.8) is 0 Å². The van der Waals surface area contributed by atoms with Crippen LogP contribution in [0.4, 0.5) is 5.69 Å². The van der Waals surface area contributed by atoms with Crippen LogP contribution in [0.1, 0.15) is 31.6 Å². The lowest BCUT2D eigenvalue weighted by molar-refractivity contribution is 0.324. The Hall–Kier alpha value is -0.670. The quantitative estimate of drug-likeness (QED) is 0.754. The van der Waals surface area contributed by atoms with E-state index in [0.717, 1.165) is 18.8 Å². The third-order valence-electron chi connectivity index (χ3n) is 3.08. The summed E-state index contributed by atoms with van der Waals surface area (Å²) in [6, 6.07) is 8.22. The molecule has 0 radical (unpaired) electrons. The molecule has 0 aromatic heterocycles. The predicted molar refractivity (Wildman–Crippen MR) is 79.5 cm³/mol. The summed E-state index contributed by atoms with van der Waals surface area (Å²) in [5.74, 6) is 1.19. The van der Waals surface area contributed by atoms with Crippen LogP contribution in [0, 0.1) is 0 Å². The molecule has 0 spiro atoms. The zero-order valence-corrected chi connectivity index (χ0v) is 12.0. The lowest BCUT2D eigenvalue weighted by atomic mass is 10.1. The molecule has 17 heavy (non-hydrogen) atoms. The van der Waals surface area contributed by atoms with Gasteiger partial charge in [0.05, 0.1) is 0 Å². The first-order valence-corrected chi connectivity index (χ1v) is 7.41. The number of nitrogens with zero attached hydrogens (tertiary/aromatic N) is 1. The lowest BCUT2D eigenvalue weighted by Crippen LogP contribution is -2.25. The van der Waals surface area contributed by atoms with E-state index in [1.54, 1.807) is 0 Å². The van der Waals surface area contributed by atoms with Gasteiger partial charge in [0.2, 0.25) is 0 Å². The highest BCUT2D eigenvalue weighted by atomic mass is 32.2. The number of hydrogen-bond acceptors (Lipinski definition) is 3. The smallest absolute Gasteiger partial charge is 0.0314 e. The Morgan fingerprint density at radius 1 is 1.18 bits per heavy atom. The molecule has 0 saturated heterocycles. The number of thioether (sulfide) groups is 1. The summed E-state index contributed by atoms with van der Waals surface area (Å²) in [5.41, 5.74) is 7.90. The number of hydrogen-bond donors (Lipinski definition) is 1. The summed E-state index contributed by atoms with van der Waals surface area (Å²) in [4.78, 5) is 2.46. The van der Waals surface area contributed by atoms with Crippen molar-refractivity contribution in [3.8, 4) is 0 Å². The standard InChI is InChI=1S/C14H24N2S/c1-4-16(5-2)10-11-17-12(3)13-6-8-14(15)9-7-13/h6-9,12H,4-5,10-11,15H2,1-3H3. The van der Waals surface area contributed by atoms with E-state index in [2.05, 4.69) is 37.8 Å². The SMILES string of the molecule is CCN(CC)CCSC(C)c1ccc(N)cc1. The topological polar surface area (TPSA) is 29.3 Å². The van der Waals surface area contributed by atoms with Gasteiger partial charge < -0.3 is 10.6 Å². The molecule has 1 aromatic rings. The van der Waals surface area contributed by atoms with E-state index < -0.39 is 0 Å². The van der Waals surface area contributed by atoms with E-state index in [1.165, 1.54) is 17.9 Å². The van der Waals surface area contributed by atoms with Crippen molar-refractivity contribution in [2.75, 3.05) is 31.1 Å². The number of rotatable bonds is 7. The number of benzene rings is 1. The Morgan fingerprint density at radius 2 is 1.76 bits per heavy atom. The third-order valence-corrected chi connectivity index (χ3v) is 4.27. The maximum Gasteiger partial charge on any atom is 0.0314 e. The molecule has 0 fully saturated rings. The first kappa shape index (κ1) is 14.4. The van der Waals surface area contributed by atoms with Crippen molar-refractivity contribution < 1.29 is 0 Å². The van der Waals surface area contributed by atoms with Gasteiger partial charge in [-0.1, -0.05) is 26.0 Å². The summed E-state index contributed by atoms with van der Waals surface area (Å²) < 4.78 is 0. The van der Waals surface area contributed by atoms with Crippen LogP contribution in [-0.4, -0.2) is 30.3 Å². The average Bonchev–Trinajstić information content (AvgIpc) is 2.35. The van der Waals surface area contributed by atoms with Crippen LogP contribution in [0.15, 0.2) is 24.3 Å². The number of anilines is 1. The van der Waals surface area contributed by atoms with Gasteiger partial charge in [-0.3, -0.25) is 0 Å². The Labute approximate surface area is 110 Å². The minimum atomic E-state index is 0.547. The van der Waals surface area contributed by atoms with Crippen LogP contribution in [0.2, 0.25) is 0 Å². The largest absolute Gasteiger partial charge is 0.399 e. The normalized spacial score (nSPS) is 12.9. The molecule has 0 aliphatic heterocycles. The van der Waals surface area contributed by atoms with E-state index in [-0.39, 0.29) is 0 Å². The van der Waals surface area contributed by atoms with E-state index >= 15 is 0 Å². The van der Waals surface area contributed by atoms with Gasteiger partial charge in [0, 0.05) is 23.2 Å². The van der Waals surface area contributed by atoms with Gasteiger partial charge in [-0.05, 0) is 37.7 Å². The Bertz CT molecular complexity index is 307. The van der Waals surface area contributed by atoms with Crippen molar-refractivity contribution in [2.24, 2.45) is 0 Å². The predicted octanol–water partition coefficient (Wildman–Crippen LogP) is 3.40. The molecule has 0 bridgehead atoms. The molecule has 2 N–H and O–H groups in total. The molecular formula is C14H24N2S. The summed E-state index contributed by atoms with van der Waals surface area (Å²) in [6.45, 7) is 10.2. The highest BCUT2D eigenvalue weighted by Gasteiger charge is 2.06. The zero-order chi connectivity index (χ0) is 12.7. The molecule has 0 aliphatic carbocycles. The molecule has 0 saturated carbocycles. The van der Waals surface area contributed by atoms with Crippen molar-refractivity contribution >= 4 is 17.4 Å². The summed E-state index contributed by atoms with van der Waals surface area (Å²) in [5, 5.41) is 0.547. The van der Waals surface area contributed by atoms with Crippen LogP contribution >= 0.6 is 11.8 Å². The fraction of sp³-hybridized carbons (Fsp3) is 0.571. The van der Waals surface area contributed by atoms with Gasteiger partial charge in [0.25, 0.3) is 0 Å². The van der Waals surface area contributed by atoms with Crippen LogP contribution in [0.25, 0.3) is 0 Å². The third kappa shape index (κ3) is 5.00. The Kier molecular flexibility index (Phi) is 6.45. The van der Waals surface area contributed by atoms with Gasteiger partial charge in [-0.15, -0.1) is 0 Å². The monoisotopic (exact) mass is 252 g/mol. The highest BCUT2D eigenvalue weighted by molar-refractivity contribution is 7.99. The van der Waals surface area contributed by atoms with Crippen LogP contribution in [-0.2, 0) is 0 Å². The zero-order valence-electron chi connectivity index (χ0n) is 11.1. The average molecular weight is 252 g/mol. The van der Waals surface area contributed by atoms with Crippen molar-refractivity contribution in [1.82, 2.24) is 4.90 Å². The number of nitrogen functional groups attached to an aromatic ring is 1. The molecule has 1 atom stereocenters. The molecule has 0 amide bonds. The van der Waals surface area contributed by atoms with Gasteiger partial charge in [0.15, 0.2) is 0 Å². The van der Waals surface area contributed by atoms with Crippen LogP contribution in [0.5, 0.6) is 0 Å². The molecule has 0 heterocycles. The fourth-order valence-electron chi connectivity index (χ4n) is 1.76. The Balaban J connectivity index is 2.34. The minimum Gasteiger partial charge on any atom is -0.399 e. The molecule has 2 nitrogen and oxygen atoms in total. The van der Waals surface area contributed by atoms with E-state index in [1.807, 2.05) is 23.9 Å². The highest BCUT2D eigenvalue weighted by Crippen LogP contribution is 2.28. The minimum absolute atomic E-state index is 0.547. The molecule has 96 valence electrons. The van der Waals surface area contributed by atoms with Gasteiger partial charge >= 0.3 is 0 Å². The Morgan fingerprint density at radius 3 is 2.29 bits per heavy atom. The molecule has 1 rings (SSSR count). The first-order valence-electron chi connectivity index (χ1n) is 6.36. The molecule has 0 aliphatic rings. The second-order valence-electron chi connectivity index (χ2n) is 4.21. The number of nitrogens with two attached hydrogens (primary N) is 1. The maximum atomic E-state index is 5.69. The van der Waals surface area contributed by atoms with E-state index in [4.69, 9.17) is 5.73 Å². The van der Waals surface area contributed by atoms with Gasteiger partial charge in [0.1, 0.15) is 0 Å². The van der Waals surface area contributed by atoms with Gasteiger partial charge in [-0.25, -0.2) is 0 Å². The van der Waals surface area contributed by atoms with Crippen LogP contribution in [0.3, 0.4) is 0 Å². The van der Waals surface area contributed by atoms with Gasteiger partial charge in [-0.2, -0.15) is 11.8 Å². The van der Waals surface area contributed by atoms with Crippen molar-refractivity contribution in [2.45, 2.75) is 26.0 Å². The first-order chi connectivity index (χ1) is 8.17. The van der Waals surface area contributed by atoms with E-state index in [0.29, 0.717) is 5.25 Å². The van der Waals surface area contributed by atoms with Crippen LogP contribution < -0.4 is 5.73 Å². The maximum absolute atomic E-state index is 5.69. The van der Waals surface area contributed by atoms with Crippen molar-refractivity contribution in [1.29, 1.82) is 0 Å². The summed E-state index contributed by atoms with van der Waals surface area (Å²) >= 11 is 2.01. The van der Waals surface area contributed by atoms with E-state index in [9.17, 15) is 0 Å². The summed E-state index contributed by atoms with van der Waals surface area (Å²) in [6.07, 6.45) is 0.